The Morgan fingerprint density at radius 2 is 2.04 bits per heavy atom. The van der Waals surface area contributed by atoms with Gasteiger partial charge in [-0.05, 0) is 44.2 Å². The molecule has 1 saturated heterocycles. The normalized spacial score (nSPS) is 19.8. The molecule has 1 aliphatic rings. The van der Waals surface area contributed by atoms with Crippen molar-refractivity contribution in [3.63, 3.8) is 0 Å². The van der Waals surface area contributed by atoms with E-state index < -0.39 is 17.4 Å². The molecular weight excluding hydrogens is 330 g/mol. The smallest absolute Gasteiger partial charge is 0.330 e. The third kappa shape index (κ3) is 4.41. The fourth-order valence-corrected chi connectivity index (χ4v) is 3.67. The quantitative estimate of drug-likeness (QED) is 0.648. The SMILES string of the molecule is CC(C)NC(=O)Nc1cccc(C(=O)NC2(C(=O)O)CCSC2)c1. The number of amides is 3. The third-order valence-electron chi connectivity index (χ3n) is 3.59. The van der Waals surface area contributed by atoms with Crippen LogP contribution in [0.4, 0.5) is 10.5 Å². The lowest BCUT2D eigenvalue weighted by Gasteiger charge is -2.24. The Balaban J connectivity index is 2.09. The second-order valence-electron chi connectivity index (χ2n) is 5.98. The van der Waals surface area contributed by atoms with Crippen molar-refractivity contribution in [3.05, 3.63) is 29.8 Å². The van der Waals surface area contributed by atoms with E-state index in [4.69, 9.17) is 0 Å². The van der Waals surface area contributed by atoms with Crippen LogP contribution in [0.1, 0.15) is 30.6 Å². The van der Waals surface area contributed by atoms with Crippen LogP contribution in [0.5, 0.6) is 0 Å². The molecule has 1 heterocycles. The minimum Gasteiger partial charge on any atom is -0.479 e. The van der Waals surface area contributed by atoms with Gasteiger partial charge in [-0.2, -0.15) is 11.8 Å². The van der Waals surface area contributed by atoms with E-state index in [2.05, 4.69) is 16.0 Å². The van der Waals surface area contributed by atoms with Gasteiger partial charge in [0.05, 0.1) is 0 Å². The first-order valence-corrected chi connectivity index (χ1v) is 8.79. The maximum absolute atomic E-state index is 12.4. The molecule has 1 unspecified atom stereocenters. The van der Waals surface area contributed by atoms with Crippen LogP contribution in [0.15, 0.2) is 24.3 Å². The second kappa shape index (κ2) is 7.57. The maximum atomic E-state index is 12.4. The zero-order valence-electron chi connectivity index (χ0n) is 13.6. The van der Waals surface area contributed by atoms with Crippen molar-refractivity contribution in [2.24, 2.45) is 0 Å². The molecule has 1 aliphatic heterocycles. The number of thioether (sulfide) groups is 1. The largest absolute Gasteiger partial charge is 0.479 e. The first-order valence-electron chi connectivity index (χ1n) is 7.64. The van der Waals surface area contributed by atoms with Crippen molar-refractivity contribution in [2.75, 3.05) is 16.8 Å². The number of nitrogens with one attached hydrogen (secondary N) is 3. The van der Waals surface area contributed by atoms with Crippen molar-refractivity contribution < 1.29 is 19.5 Å². The predicted octanol–water partition coefficient (Wildman–Crippen LogP) is 1.91. The summed E-state index contributed by atoms with van der Waals surface area (Å²) in [6.07, 6.45) is 0.396. The Bertz CT molecular complexity index is 642. The molecule has 0 aromatic heterocycles. The number of rotatable bonds is 5. The van der Waals surface area contributed by atoms with E-state index in [1.807, 2.05) is 13.8 Å². The van der Waals surface area contributed by atoms with Gasteiger partial charge in [-0.15, -0.1) is 0 Å². The van der Waals surface area contributed by atoms with Crippen molar-refractivity contribution >= 4 is 35.4 Å². The summed E-state index contributed by atoms with van der Waals surface area (Å²) in [6.45, 7) is 3.68. The number of hydrogen-bond acceptors (Lipinski definition) is 4. The Labute approximate surface area is 144 Å². The summed E-state index contributed by atoms with van der Waals surface area (Å²) in [5, 5.41) is 17.4. The second-order valence-corrected chi connectivity index (χ2v) is 7.08. The Morgan fingerprint density at radius 3 is 2.62 bits per heavy atom. The number of carbonyl (C=O) groups is 3. The van der Waals surface area contributed by atoms with Gasteiger partial charge in [0, 0.05) is 23.0 Å². The minimum absolute atomic E-state index is 0.00762. The highest BCUT2D eigenvalue weighted by molar-refractivity contribution is 7.99. The van der Waals surface area contributed by atoms with E-state index in [0.717, 1.165) is 0 Å². The molecule has 0 radical (unpaired) electrons. The van der Waals surface area contributed by atoms with E-state index in [1.54, 1.807) is 18.2 Å². The fourth-order valence-electron chi connectivity index (χ4n) is 2.34. The zero-order chi connectivity index (χ0) is 17.7. The number of urea groups is 1. The molecule has 0 saturated carbocycles. The highest BCUT2D eigenvalue weighted by Crippen LogP contribution is 2.28. The predicted molar refractivity (Wildman–Crippen MR) is 93.5 cm³/mol. The monoisotopic (exact) mass is 351 g/mol. The summed E-state index contributed by atoms with van der Waals surface area (Å²) in [5.74, 6) is -0.439. The lowest BCUT2D eigenvalue weighted by molar-refractivity contribution is -0.143. The number of anilines is 1. The summed E-state index contributed by atoms with van der Waals surface area (Å²) < 4.78 is 0. The van der Waals surface area contributed by atoms with Gasteiger partial charge in [0.15, 0.2) is 0 Å². The first-order chi connectivity index (χ1) is 11.3. The van der Waals surface area contributed by atoms with Crippen molar-refractivity contribution in [1.29, 1.82) is 0 Å². The molecular formula is C16H21N3O4S. The van der Waals surface area contributed by atoms with Crippen LogP contribution < -0.4 is 16.0 Å². The molecule has 130 valence electrons. The molecule has 1 aromatic carbocycles. The summed E-state index contributed by atoms with van der Waals surface area (Å²) >= 11 is 1.50. The van der Waals surface area contributed by atoms with E-state index in [-0.39, 0.29) is 12.1 Å². The molecule has 1 fully saturated rings. The topological polar surface area (TPSA) is 108 Å². The van der Waals surface area contributed by atoms with Crippen molar-refractivity contribution in [3.8, 4) is 0 Å². The van der Waals surface area contributed by atoms with Gasteiger partial charge >= 0.3 is 12.0 Å². The van der Waals surface area contributed by atoms with E-state index in [9.17, 15) is 19.5 Å². The lowest BCUT2D eigenvalue weighted by Crippen LogP contribution is -2.54. The van der Waals surface area contributed by atoms with Gasteiger partial charge in [-0.25, -0.2) is 9.59 Å². The lowest BCUT2D eigenvalue weighted by atomic mass is 9.98. The van der Waals surface area contributed by atoms with E-state index in [0.29, 0.717) is 29.2 Å². The highest BCUT2D eigenvalue weighted by Gasteiger charge is 2.43. The number of benzene rings is 1. The van der Waals surface area contributed by atoms with Crippen LogP contribution >= 0.6 is 11.8 Å². The van der Waals surface area contributed by atoms with Crippen LogP contribution in [0.3, 0.4) is 0 Å². The average Bonchev–Trinajstić information content (AvgIpc) is 2.96. The zero-order valence-corrected chi connectivity index (χ0v) is 14.4. The molecule has 0 spiro atoms. The molecule has 3 amide bonds. The number of carboxylic acid groups (broad SMARTS) is 1. The van der Waals surface area contributed by atoms with Gasteiger partial charge in [-0.1, -0.05) is 6.07 Å². The Morgan fingerprint density at radius 1 is 1.29 bits per heavy atom. The van der Waals surface area contributed by atoms with Gasteiger partial charge in [0.2, 0.25) is 0 Å². The molecule has 24 heavy (non-hydrogen) atoms. The fraction of sp³-hybridized carbons (Fsp3) is 0.438. The number of carbonyl (C=O) groups excluding carboxylic acids is 2. The van der Waals surface area contributed by atoms with Crippen LogP contribution in [0.25, 0.3) is 0 Å². The van der Waals surface area contributed by atoms with E-state index >= 15 is 0 Å². The van der Waals surface area contributed by atoms with Crippen molar-refractivity contribution in [1.82, 2.24) is 10.6 Å². The van der Waals surface area contributed by atoms with Crippen LogP contribution in [-0.2, 0) is 4.79 Å². The number of aliphatic carboxylic acids is 1. The molecule has 2 rings (SSSR count). The van der Waals surface area contributed by atoms with Crippen LogP contribution in [0, 0.1) is 0 Å². The summed E-state index contributed by atoms with van der Waals surface area (Å²) in [5.41, 5.74) is -0.457. The summed E-state index contributed by atoms with van der Waals surface area (Å²) in [4.78, 5) is 35.6. The average molecular weight is 351 g/mol. The number of hydrogen-bond donors (Lipinski definition) is 4. The third-order valence-corrected chi connectivity index (χ3v) is 4.78. The molecule has 7 nitrogen and oxygen atoms in total. The number of carboxylic acids is 1. The van der Waals surface area contributed by atoms with Crippen molar-refractivity contribution in [2.45, 2.75) is 31.8 Å². The van der Waals surface area contributed by atoms with Gasteiger partial charge in [0.1, 0.15) is 5.54 Å². The van der Waals surface area contributed by atoms with Gasteiger partial charge < -0.3 is 21.1 Å². The maximum Gasteiger partial charge on any atom is 0.330 e. The minimum atomic E-state index is -1.22. The molecule has 8 heteroatoms. The Hall–Kier alpha value is -2.22. The van der Waals surface area contributed by atoms with Crippen LogP contribution in [0.2, 0.25) is 0 Å². The van der Waals surface area contributed by atoms with Gasteiger partial charge in [0.25, 0.3) is 5.91 Å². The molecule has 1 aromatic rings. The molecule has 1 atom stereocenters. The molecule has 0 bridgehead atoms. The first kappa shape index (κ1) is 18.1. The molecule has 0 aliphatic carbocycles. The van der Waals surface area contributed by atoms with Crippen LogP contribution in [-0.4, -0.2) is 46.1 Å². The highest BCUT2D eigenvalue weighted by atomic mass is 32.2. The summed E-state index contributed by atoms with van der Waals surface area (Å²) in [7, 11) is 0. The van der Waals surface area contributed by atoms with Gasteiger partial charge in [-0.3, -0.25) is 4.79 Å². The van der Waals surface area contributed by atoms with E-state index in [1.165, 1.54) is 17.8 Å². The Kier molecular flexibility index (Phi) is 5.71. The summed E-state index contributed by atoms with van der Waals surface area (Å²) in [6, 6.07) is 6.03. The molecule has 4 N–H and O–H groups in total. The standard InChI is InChI=1S/C16H21N3O4S/c1-10(2)17-15(23)18-12-5-3-4-11(8-12)13(20)19-16(14(21)22)6-7-24-9-16/h3-5,8,10H,6-7,9H2,1-2H3,(H,19,20)(H,21,22)(H2,17,18,23).